The van der Waals surface area contributed by atoms with Crippen molar-refractivity contribution in [2.75, 3.05) is 5.32 Å². The summed E-state index contributed by atoms with van der Waals surface area (Å²) in [4.78, 5) is 17.1. The van der Waals surface area contributed by atoms with Gasteiger partial charge in [-0.15, -0.1) is 11.3 Å². The van der Waals surface area contributed by atoms with E-state index in [-0.39, 0.29) is 5.91 Å². The number of nitrogens with one attached hydrogen (secondary N) is 1. The van der Waals surface area contributed by atoms with E-state index < -0.39 is 0 Å². The molecule has 3 aromatic rings. The van der Waals surface area contributed by atoms with Gasteiger partial charge < -0.3 is 0 Å². The van der Waals surface area contributed by atoms with Crippen molar-refractivity contribution in [1.82, 2.24) is 4.98 Å². The first kappa shape index (κ1) is 17.5. The lowest BCUT2D eigenvalue weighted by Gasteiger charge is -2.16. The second-order valence-electron chi connectivity index (χ2n) is 6.31. The van der Waals surface area contributed by atoms with Crippen molar-refractivity contribution in [2.24, 2.45) is 0 Å². The van der Waals surface area contributed by atoms with Crippen molar-refractivity contribution < 1.29 is 4.79 Å². The fraction of sp³-hybridized carbons (Fsp3) is 0.200. The number of hydrogen-bond acceptors (Lipinski definition) is 3. The molecule has 0 radical (unpaired) electrons. The van der Waals surface area contributed by atoms with E-state index in [2.05, 4.69) is 16.4 Å². The monoisotopic (exact) mass is 402 g/mol. The zero-order valence-corrected chi connectivity index (χ0v) is 16.2. The highest BCUT2D eigenvalue weighted by Crippen LogP contribution is 2.32. The van der Waals surface area contributed by atoms with Crippen molar-refractivity contribution in [2.45, 2.75) is 25.7 Å². The molecule has 0 bridgehead atoms. The van der Waals surface area contributed by atoms with Gasteiger partial charge in [-0.3, -0.25) is 10.1 Å². The maximum absolute atomic E-state index is 12.6. The number of carbonyl (C=O) groups excluding carboxylic acids is 1. The summed E-state index contributed by atoms with van der Waals surface area (Å²) in [5.41, 5.74) is 4.84. The average Bonchev–Trinajstić information content (AvgIpc) is 3.09. The Labute approximate surface area is 166 Å². The normalized spacial score (nSPS) is 13.3. The number of anilines is 1. The van der Waals surface area contributed by atoms with Crippen LogP contribution in [0.2, 0.25) is 10.0 Å². The van der Waals surface area contributed by atoms with Crippen LogP contribution in [0.4, 0.5) is 5.13 Å². The molecule has 0 spiro atoms. The predicted molar refractivity (Wildman–Crippen MR) is 109 cm³/mol. The van der Waals surface area contributed by atoms with Crippen LogP contribution in [0.1, 0.15) is 34.3 Å². The summed E-state index contributed by atoms with van der Waals surface area (Å²) in [6.45, 7) is 0. The number of halogens is 2. The van der Waals surface area contributed by atoms with Gasteiger partial charge in [-0.25, -0.2) is 4.98 Å². The van der Waals surface area contributed by atoms with E-state index in [1.807, 2.05) is 23.6 Å². The molecule has 4 rings (SSSR count). The summed E-state index contributed by atoms with van der Waals surface area (Å²) in [5, 5.41) is 6.42. The number of amides is 1. The Morgan fingerprint density at radius 1 is 1.04 bits per heavy atom. The summed E-state index contributed by atoms with van der Waals surface area (Å²) in [7, 11) is 0. The predicted octanol–water partition coefficient (Wildman–Crippen LogP) is 6.25. The lowest BCUT2D eigenvalue weighted by Crippen LogP contribution is -2.13. The van der Waals surface area contributed by atoms with Crippen LogP contribution in [-0.2, 0) is 12.8 Å². The number of benzene rings is 2. The average molecular weight is 403 g/mol. The van der Waals surface area contributed by atoms with Crippen LogP contribution in [0.25, 0.3) is 11.3 Å². The number of rotatable bonds is 3. The summed E-state index contributed by atoms with van der Waals surface area (Å²) in [6, 6.07) is 11.3. The van der Waals surface area contributed by atoms with E-state index in [1.165, 1.54) is 35.3 Å². The molecule has 1 amide bonds. The Bertz CT molecular complexity index is 984. The van der Waals surface area contributed by atoms with Crippen molar-refractivity contribution in [3.63, 3.8) is 0 Å². The number of aryl methyl sites for hydroxylation is 2. The van der Waals surface area contributed by atoms with E-state index in [1.54, 1.807) is 12.1 Å². The van der Waals surface area contributed by atoms with Crippen LogP contribution < -0.4 is 5.32 Å². The van der Waals surface area contributed by atoms with Gasteiger partial charge in [0.2, 0.25) is 0 Å². The quantitative estimate of drug-likeness (QED) is 0.562. The molecular formula is C20H16Cl2N2OS. The zero-order valence-electron chi connectivity index (χ0n) is 13.9. The Hall–Kier alpha value is -1.88. The highest BCUT2D eigenvalue weighted by atomic mass is 35.5. The molecule has 0 atom stereocenters. The molecule has 0 unspecified atom stereocenters. The Balaban J connectivity index is 1.53. The van der Waals surface area contributed by atoms with Crippen molar-refractivity contribution in [1.29, 1.82) is 0 Å². The summed E-state index contributed by atoms with van der Waals surface area (Å²) < 4.78 is 0. The Morgan fingerprint density at radius 2 is 1.85 bits per heavy atom. The van der Waals surface area contributed by atoms with Gasteiger partial charge in [-0.05, 0) is 67.1 Å². The molecule has 26 heavy (non-hydrogen) atoms. The second kappa shape index (κ2) is 7.39. The molecule has 2 aromatic carbocycles. The Morgan fingerprint density at radius 3 is 2.65 bits per heavy atom. The first-order valence-electron chi connectivity index (χ1n) is 8.44. The first-order chi connectivity index (χ1) is 12.6. The number of thiazole rings is 1. The molecule has 0 saturated heterocycles. The van der Waals surface area contributed by atoms with Crippen LogP contribution in [0.3, 0.4) is 0 Å². The molecule has 1 aliphatic carbocycles. The molecule has 1 N–H and O–H groups in total. The number of hydrogen-bond donors (Lipinski definition) is 1. The van der Waals surface area contributed by atoms with E-state index in [4.69, 9.17) is 23.2 Å². The van der Waals surface area contributed by atoms with E-state index in [0.717, 1.165) is 24.1 Å². The van der Waals surface area contributed by atoms with E-state index in [9.17, 15) is 4.79 Å². The van der Waals surface area contributed by atoms with Crippen molar-refractivity contribution in [3.05, 3.63) is 68.5 Å². The highest BCUT2D eigenvalue weighted by molar-refractivity contribution is 7.14. The van der Waals surface area contributed by atoms with Crippen LogP contribution in [0, 0.1) is 0 Å². The summed E-state index contributed by atoms with van der Waals surface area (Å²) >= 11 is 13.5. The molecule has 1 heterocycles. The third kappa shape index (κ3) is 3.63. The molecule has 1 aliphatic rings. The molecule has 3 nitrogen and oxygen atoms in total. The van der Waals surface area contributed by atoms with Crippen LogP contribution >= 0.6 is 34.5 Å². The number of carbonyl (C=O) groups is 1. The molecule has 132 valence electrons. The minimum Gasteiger partial charge on any atom is -0.298 e. The smallest absolute Gasteiger partial charge is 0.257 e. The van der Waals surface area contributed by atoms with E-state index in [0.29, 0.717) is 20.7 Å². The fourth-order valence-electron chi connectivity index (χ4n) is 3.20. The van der Waals surface area contributed by atoms with Gasteiger partial charge in [0.1, 0.15) is 0 Å². The third-order valence-electron chi connectivity index (χ3n) is 4.54. The first-order valence-corrected chi connectivity index (χ1v) is 10.1. The minimum atomic E-state index is -0.138. The number of fused-ring (bicyclic) bond motifs is 1. The second-order valence-corrected chi connectivity index (χ2v) is 8.01. The van der Waals surface area contributed by atoms with Gasteiger partial charge in [0.15, 0.2) is 5.13 Å². The maximum Gasteiger partial charge on any atom is 0.257 e. The molecule has 0 aliphatic heterocycles. The van der Waals surface area contributed by atoms with Gasteiger partial charge in [-0.1, -0.05) is 29.3 Å². The summed E-state index contributed by atoms with van der Waals surface area (Å²) in [6.07, 6.45) is 4.57. The summed E-state index contributed by atoms with van der Waals surface area (Å²) in [5.74, 6) is -0.138. The molecule has 6 heteroatoms. The van der Waals surface area contributed by atoms with Gasteiger partial charge in [0.25, 0.3) is 5.91 Å². The topological polar surface area (TPSA) is 42.0 Å². The van der Waals surface area contributed by atoms with Gasteiger partial charge in [0, 0.05) is 21.5 Å². The van der Waals surface area contributed by atoms with Crippen molar-refractivity contribution in [3.8, 4) is 11.3 Å². The lowest BCUT2D eigenvalue weighted by molar-refractivity contribution is 0.102. The van der Waals surface area contributed by atoms with Gasteiger partial charge in [0.05, 0.1) is 10.7 Å². The largest absolute Gasteiger partial charge is 0.298 e. The van der Waals surface area contributed by atoms with Gasteiger partial charge in [-0.2, -0.15) is 0 Å². The zero-order chi connectivity index (χ0) is 18.1. The maximum atomic E-state index is 12.6. The third-order valence-corrected chi connectivity index (χ3v) is 5.85. The van der Waals surface area contributed by atoms with Gasteiger partial charge >= 0.3 is 0 Å². The van der Waals surface area contributed by atoms with Crippen LogP contribution in [0.15, 0.2) is 41.8 Å². The molecular weight excluding hydrogens is 387 g/mol. The van der Waals surface area contributed by atoms with E-state index >= 15 is 0 Å². The highest BCUT2D eigenvalue weighted by Gasteiger charge is 2.15. The number of nitrogens with zero attached hydrogens (tertiary/aromatic N) is 1. The number of aromatic nitrogens is 1. The lowest BCUT2D eigenvalue weighted by atomic mass is 9.90. The SMILES string of the molecule is O=C(Nc1nc(-c2ccc(Cl)cc2Cl)cs1)c1ccc2c(c1)CCCC2. The molecule has 0 fully saturated rings. The Kier molecular flexibility index (Phi) is 4.98. The minimum absolute atomic E-state index is 0.138. The molecule has 1 aromatic heterocycles. The van der Waals surface area contributed by atoms with Crippen LogP contribution in [-0.4, -0.2) is 10.9 Å². The van der Waals surface area contributed by atoms with Crippen LogP contribution in [0.5, 0.6) is 0 Å². The molecule has 0 saturated carbocycles. The fourth-order valence-corrected chi connectivity index (χ4v) is 4.41. The van der Waals surface area contributed by atoms with Crippen molar-refractivity contribution >= 4 is 45.6 Å². The standard InChI is InChI=1S/C20H16Cl2N2OS/c21-15-7-8-16(17(22)10-15)18-11-26-20(23-18)24-19(25)14-6-5-12-3-1-2-4-13(12)9-14/h5-11H,1-4H2,(H,23,24,25).